The molecular weight excluding hydrogens is 252 g/mol. The molecule has 2 aromatic rings. The Bertz CT molecular complexity index is 496. The Morgan fingerprint density at radius 2 is 2.11 bits per heavy atom. The molecule has 0 aliphatic heterocycles. The van der Waals surface area contributed by atoms with Crippen molar-refractivity contribution >= 4 is 17.4 Å². The van der Waals surface area contributed by atoms with Crippen LogP contribution in [0.15, 0.2) is 12.7 Å². The molecule has 0 unspecified atom stereocenters. The van der Waals surface area contributed by atoms with E-state index in [4.69, 9.17) is 11.6 Å². The van der Waals surface area contributed by atoms with E-state index in [0.717, 1.165) is 23.6 Å². The van der Waals surface area contributed by atoms with E-state index in [-0.39, 0.29) is 5.92 Å². The molecule has 0 aromatic carbocycles. The fourth-order valence-corrected chi connectivity index (χ4v) is 2.03. The molecule has 2 aromatic heterocycles. The average molecular weight is 267 g/mol. The van der Waals surface area contributed by atoms with Crippen LogP contribution in [0.2, 0.25) is 5.15 Å². The number of nitrogens with one attached hydrogen (secondary N) is 2. The number of aromatic amines is 1. The van der Waals surface area contributed by atoms with Gasteiger partial charge in [-0.1, -0.05) is 25.4 Å². The quantitative estimate of drug-likeness (QED) is 0.810. The monoisotopic (exact) mass is 266 g/mol. The van der Waals surface area contributed by atoms with Crippen molar-refractivity contribution in [2.45, 2.75) is 26.2 Å². The Morgan fingerprint density at radius 1 is 1.28 bits per heavy atom. The van der Waals surface area contributed by atoms with Crippen molar-refractivity contribution in [1.82, 2.24) is 25.1 Å². The van der Waals surface area contributed by atoms with Crippen LogP contribution in [0.5, 0.6) is 0 Å². The molecule has 0 aliphatic rings. The third-order valence-corrected chi connectivity index (χ3v) is 2.83. The number of nitrogens with zero attached hydrogens (tertiary/aromatic N) is 4. The zero-order valence-corrected chi connectivity index (χ0v) is 11.1. The summed E-state index contributed by atoms with van der Waals surface area (Å²) in [5.74, 6) is 1.89. The third kappa shape index (κ3) is 2.95. The minimum absolute atomic E-state index is 0.270. The molecule has 2 rings (SSSR count). The van der Waals surface area contributed by atoms with Crippen LogP contribution in [-0.4, -0.2) is 31.7 Å². The molecule has 6 nitrogen and oxygen atoms in total. The smallest absolute Gasteiger partial charge is 0.138 e. The van der Waals surface area contributed by atoms with Crippen LogP contribution >= 0.6 is 11.6 Å². The highest BCUT2D eigenvalue weighted by molar-refractivity contribution is 6.30. The van der Waals surface area contributed by atoms with Crippen molar-refractivity contribution in [3.63, 3.8) is 0 Å². The molecule has 0 spiro atoms. The Labute approximate surface area is 110 Å². The molecular formula is C11H15ClN6. The molecule has 0 aliphatic carbocycles. The van der Waals surface area contributed by atoms with Gasteiger partial charge in [-0.3, -0.25) is 5.10 Å². The fourth-order valence-electron chi connectivity index (χ4n) is 1.68. The highest BCUT2D eigenvalue weighted by Crippen LogP contribution is 2.27. The number of aromatic nitrogens is 5. The molecule has 18 heavy (non-hydrogen) atoms. The van der Waals surface area contributed by atoms with Gasteiger partial charge in [-0.15, -0.1) is 0 Å². The van der Waals surface area contributed by atoms with E-state index in [0.29, 0.717) is 11.7 Å². The second kappa shape index (κ2) is 5.77. The topological polar surface area (TPSA) is 79.4 Å². The Kier molecular flexibility index (Phi) is 4.09. The zero-order chi connectivity index (χ0) is 13.0. The number of anilines is 1. The molecule has 0 radical (unpaired) electrons. The first-order chi connectivity index (χ1) is 8.68. The van der Waals surface area contributed by atoms with Gasteiger partial charge in [0, 0.05) is 18.5 Å². The lowest BCUT2D eigenvalue weighted by Crippen LogP contribution is -2.11. The molecule has 0 fully saturated rings. The van der Waals surface area contributed by atoms with Gasteiger partial charge in [-0.05, 0) is 5.92 Å². The van der Waals surface area contributed by atoms with E-state index in [9.17, 15) is 0 Å². The van der Waals surface area contributed by atoms with E-state index in [1.807, 2.05) is 0 Å². The summed E-state index contributed by atoms with van der Waals surface area (Å²) in [5.41, 5.74) is 0.941. The van der Waals surface area contributed by atoms with Crippen LogP contribution in [0.3, 0.4) is 0 Å². The van der Waals surface area contributed by atoms with E-state index in [1.54, 1.807) is 0 Å². The normalized spacial score (nSPS) is 10.9. The first-order valence-electron chi connectivity index (χ1n) is 5.77. The Morgan fingerprint density at radius 3 is 2.78 bits per heavy atom. The van der Waals surface area contributed by atoms with Crippen molar-refractivity contribution in [2.75, 3.05) is 11.9 Å². The summed E-state index contributed by atoms with van der Waals surface area (Å²) in [6, 6.07) is 0. The SMILES string of the molecule is CC(C)c1c(Cl)ncnc1NCCc1ncn[nH]1. The molecule has 0 saturated carbocycles. The summed E-state index contributed by atoms with van der Waals surface area (Å²) in [5, 5.41) is 10.4. The van der Waals surface area contributed by atoms with Gasteiger partial charge in [0.05, 0.1) is 0 Å². The van der Waals surface area contributed by atoms with Crippen LogP contribution in [-0.2, 0) is 6.42 Å². The summed E-state index contributed by atoms with van der Waals surface area (Å²) in [4.78, 5) is 12.3. The van der Waals surface area contributed by atoms with Gasteiger partial charge < -0.3 is 5.32 Å². The van der Waals surface area contributed by atoms with E-state index in [1.165, 1.54) is 12.7 Å². The number of H-pyrrole nitrogens is 1. The van der Waals surface area contributed by atoms with Crippen LogP contribution < -0.4 is 5.32 Å². The summed E-state index contributed by atoms with van der Waals surface area (Å²) >= 11 is 6.08. The highest BCUT2D eigenvalue weighted by atomic mass is 35.5. The number of halogens is 1. The molecule has 0 bridgehead atoms. The van der Waals surface area contributed by atoms with Gasteiger partial charge in [-0.25, -0.2) is 15.0 Å². The molecule has 0 atom stereocenters. The lowest BCUT2D eigenvalue weighted by Gasteiger charge is -2.13. The molecule has 7 heteroatoms. The maximum absolute atomic E-state index is 6.08. The first kappa shape index (κ1) is 12.8. The van der Waals surface area contributed by atoms with Crippen LogP contribution in [0, 0.1) is 0 Å². The maximum Gasteiger partial charge on any atom is 0.138 e. The van der Waals surface area contributed by atoms with Gasteiger partial charge in [0.2, 0.25) is 0 Å². The largest absolute Gasteiger partial charge is 0.369 e. The van der Waals surface area contributed by atoms with Gasteiger partial charge in [0.15, 0.2) is 0 Å². The van der Waals surface area contributed by atoms with Crippen LogP contribution in [0.4, 0.5) is 5.82 Å². The lowest BCUT2D eigenvalue weighted by molar-refractivity contribution is 0.837. The van der Waals surface area contributed by atoms with Gasteiger partial charge >= 0.3 is 0 Å². The first-order valence-corrected chi connectivity index (χ1v) is 6.14. The minimum atomic E-state index is 0.270. The fraction of sp³-hybridized carbons (Fsp3) is 0.455. The Hall–Kier alpha value is -1.69. The van der Waals surface area contributed by atoms with Crippen molar-refractivity contribution in [2.24, 2.45) is 0 Å². The number of hydrogen-bond donors (Lipinski definition) is 2. The summed E-state index contributed by atoms with van der Waals surface area (Å²) in [6.07, 6.45) is 3.71. The second-order valence-electron chi connectivity index (χ2n) is 4.19. The zero-order valence-electron chi connectivity index (χ0n) is 10.3. The van der Waals surface area contributed by atoms with Crippen molar-refractivity contribution in [3.05, 3.63) is 29.2 Å². The number of rotatable bonds is 5. The molecule has 0 saturated heterocycles. The van der Waals surface area contributed by atoms with Crippen molar-refractivity contribution in [1.29, 1.82) is 0 Å². The lowest BCUT2D eigenvalue weighted by atomic mass is 10.1. The summed E-state index contributed by atoms with van der Waals surface area (Å²) in [6.45, 7) is 4.83. The standard InChI is InChI=1S/C11H15ClN6/c1-7(2)9-10(12)15-5-16-11(9)13-4-3-8-14-6-17-18-8/h5-7H,3-4H2,1-2H3,(H,13,15,16)(H,14,17,18). The summed E-state index contributed by atoms with van der Waals surface area (Å²) in [7, 11) is 0. The average Bonchev–Trinajstić information content (AvgIpc) is 2.81. The summed E-state index contributed by atoms with van der Waals surface area (Å²) < 4.78 is 0. The Balaban J connectivity index is 2.03. The molecule has 0 amide bonds. The van der Waals surface area contributed by atoms with Gasteiger partial charge in [0.25, 0.3) is 0 Å². The van der Waals surface area contributed by atoms with E-state index < -0.39 is 0 Å². The van der Waals surface area contributed by atoms with Crippen LogP contribution in [0.25, 0.3) is 0 Å². The van der Waals surface area contributed by atoms with Gasteiger partial charge in [0.1, 0.15) is 29.5 Å². The van der Waals surface area contributed by atoms with Crippen molar-refractivity contribution < 1.29 is 0 Å². The van der Waals surface area contributed by atoms with Crippen molar-refractivity contribution in [3.8, 4) is 0 Å². The van der Waals surface area contributed by atoms with Gasteiger partial charge in [-0.2, -0.15) is 5.10 Å². The van der Waals surface area contributed by atoms with E-state index in [2.05, 4.69) is 44.3 Å². The predicted molar refractivity (Wildman–Crippen MR) is 69.7 cm³/mol. The van der Waals surface area contributed by atoms with E-state index >= 15 is 0 Å². The minimum Gasteiger partial charge on any atom is -0.369 e. The highest BCUT2D eigenvalue weighted by Gasteiger charge is 2.13. The number of hydrogen-bond acceptors (Lipinski definition) is 5. The third-order valence-electron chi connectivity index (χ3n) is 2.53. The molecule has 96 valence electrons. The maximum atomic E-state index is 6.08. The predicted octanol–water partition coefficient (Wildman–Crippen LogP) is 2.03. The molecule has 2 N–H and O–H groups in total. The second-order valence-corrected chi connectivity index (χ2v) is 4.55. The molecule has 2 heterocycles. The van der Waals surface area contributed by atoms with Crippen LogP contribution in [0.1, 0.15) is 31.2 Å².